The summed E-state index contributed by atoms with van der Waals surface area (Å²) in [6, 6.07) is 6.90. The Morgan fingerprint density at radius 3 is 2.25 bits per heavy atom. The predicted octanol–water partition coefficient (Wildman–Crippen LogP) is 3.54. The van der Waals surface area contributed by atoms with E-state index in [0.29, 0.717) is 10.7 Å². The second-order valence-electron chi connectivity index (χ2n) is 3.10. The molecule has 0 unspecified atom stereocenters. The Hall–Kier alpha value is -1.49. The molecule has 0 spiro atoms. The van der Waals surface area contributed by atoms with Crippen molar-refractivity contribution in [2.24, 2.45) is 0 Å². The van der Waals surface area contributed by atoms with Gasteiger partial charge in [0.25, 0.3) is 0 Å². The number of rotatable bonds is 1. The van der Waals surface area contributed by atoms with Crippen molar-refractivity contribution >= 4 is 11.6 Å². The molecule has 2 nitrogen and oxygen atoms in total. The second kappa shape index (κ2) is 3.83. The minimum atomic E-state index is -4.42. The molecule has 0 amide bonds. The molecular weight excluding hydrogens is 241 g/mol. The number of nitrogens with zero attached hydrogens (tertiary/aromatic N) is 2. The van der Waals surface area contributed by atoms with Gasteiger partial charge in [-0.15, -0.1) is 0 Å². The molecule has 0 N–H and O–H groups in total. The molecular formula is C10H6ClF3N2. The molecule has 1 heterocycles. The molecule has 0 aliphatic heterocycles. The Kier molecular flexibility index (Phi) is 2.63. The zero-order chi connectivity index (χ0) is 11.8. The molecule has 0 radical (unpaired) electrons. The maximum atomic E-state index is 12.6. The van der Waals surface area contributed by atoms with Crippen LogP contribution in [0, 0.1) is 0 Å². The molecule has 1 aromatic heterocycles. The molecule has 0 atom stereocenters. The predicted molar refractivity (Wildman–Crippen MR) is 53.6 cm³/mol. The number of hydrogen-bond acceptors (Lipinski definition) is 1. The maximum Gasteiger partial charge on any atom is 0.433 e. The van der Waals surface area contributed by atoms with Crippen LogP contribution in [-0.2, 0) is 6.18 Å². The molecule has 0 saturated heterocycles. The van der Waals surface area contributed by atoms with Gasteiger partial charge in [-0.3, -0.25) is 0 Å². The second-order valence-corrected chi connectivity index (χ2v) is 3.54. The smallest absolute Gasteiger partial charge is 0.229 e. The van der Waals surface area contributed by atoms with Crippen molar-refractivity contribution in [2.75, 3.05) is 0 Å². The lowest BCUT2D eigenvalue weighted by Gasteiger charge is -2.09. The average molecular weight is 247 g/mol. The van der Waals surface area contributed by atoms with Crippen LogP contribution in [-0.4, -0.2) is 9.78 Å². The first-order valence-corrected chi connectivity index (χ1v) is 4.73. The van der Waals surface area contributed by atoms with Crippen LogP contribution in [0.25, 0.3) is 5.69 Å². The highest BCUT2D eigenvalue weighted by atomic mass is 35.5. The fourth-order valence-corrected chi connectivity index (χ4v) is 1.43. The van der Waals surface area contributed by atoms with Crippen LogP contribution in [0.15, 0.2) is 36.5 Å². The molecule has 2 aromatic rings. The summed E-state index contributed by atoms with van der Waals surface area (Å²) < 4.78 is 38.5. The molecule has 16 heavy (non-hydrogen) atoms. The van der Waals surface area contributed by atoms with Gasteiger partial charge in [0.15, 0.2) is 0 Å². The van der Waals surface area contributed by atoms with Crippen LogP contribution in [0.3, 0.4) is 0 Å². The number of hydrogen-bond donors (Lipinski definition) is 0. The number of benzene rings is 1. The van der Waals surface area contributed by atoms with Crippen molar-refractivity contribution in [3.05, 3.63) is 47.2 Å². The first-order chi connectivity index (χ1) is 7.48. The highest BCUT2D eigenvalue weighted by molar-refractivity contribution is 6.30. The molecule has 0 bridgehead atoms. The number of alkyl halides is 3. The summed E-state index contributed by atoms with van der Waals surface area (Å²) in [5, 5.41) is 4.10. The van der Waals surface area contributed by atoms with Gasteiger partial charge in [-0.2, -0.15) is 18.3 Å². The topological polar surface area (TPSA) is 17.8 Å². The van der Waals surface area contributed by atoms with E-state index in [4.69, 9.17) is 11.6 Å². The summed E-state index contributed by atoms with van der Waals surface area (Å²) in [6.45, 7) is 0. The standard InChI is InChI=1S/C10H6ClF3N2/c11-7-1-3-8(4-2-7)16-9(5-6-15-16)10(12,13)14/h1-6H. The van der Waals surface area contributed by atoms with E-state index < -0.39 is 11.9 Å². The maximum absolute atomic E-state index is 12.6. The van der Waals surface area contributed by atoms with Crippen molar-refractivity contribution < 1.29 is 13.2 Å². The summed E-state index contributed by atoms with van der Waals surface area (Å²) in [5.74, 6) is 0. The van der Waals surface area contributed by atoms with Crippen molar-refractivity contribution in [3.8, 4) is 5.69 Å². The Morgan fingerprint density at radius 1 is 1.06 bits per heavy atom. The van der Waals surface area contributed by atoms with Crippen LogP contribution in [0.4, 0.5) is 13.2 Å². The van der Waals surface area contributed by atoms with Crippen molar-refractivity contribution in [1.82, 2.24) is 9.78 Å². The van der Waals surface area contributed by atoms with Gasteiger partial charge in [-0.05, 0) is 30.3 Å². The zero-order valence-electron chi connectivity index (χ0n) is 7.87. The molecule has 0 aliphatic carbocycles. The lowest BCUT2D eigenvalue weighted by Crippen LogP contribution is -2.13. The summed E-state index contributed by atoms with van der Waals surface area (Å²) in [5.41, 5.74) is -0.489. The van der Waals surface area contributed by atoms with Crippen LogP contribution >= 0.6 is 11.6 Å². The van der Waals surface area contributed by atoms with E-state index in [1.165, 1.54) is 24.3 Å². The van der Waals surface area contributed by atoms with Crippen molar-refractivity contribution in [3.63, 3.8) is 0 Å². The summed E-state index contributed by atoms with van der Waals surface area (Å²) in [6.07, 6.45) is -3.31. The molecule has 84 valence electrons. The highest BCUT2D eigenvalue weighted by Gasteiger charge is 2.35. The van der Waals surface area contributed by atoms with Crippen LogP contribution < -0.4 is 0 Å². The van der Waals surface area contributed by atoms with Gasteiger partial charge in [-0.1, -0.05) is 11.6 Å². The van der Waals surface area contributed by atoms with Crippen LogP contribution in [0.5, 0.6) is 0 Å². The van der Waals surface area contributed by atoms with Gasteiger partial charge in [0.2, 0.25) is 0 Å². The van der Waals surface area contributed by atoms with E-state index >= 15 is 0 Å². The van der Waals surface area contributed by atoms with E-state index in [0.717, 1.165) is 16.9 Å². The first kappa shape index (κ1) is 11.0. The average Bonchev–Trinajstić information content (AvgIpc) is 2.66. The lowest BCUT2D eigenvalue weighted by molar-refractivity contribution is -0.142. The van der Waals surface area contributed by atoms with Crippen molar-refractivity contribution in [1.29, 1.82) is 0 Å². The highest BCUT2D eigenvalue weighted by Crippen LogP contribution is 2.30. The summed E-state index contributed by atoms with van der Waals surface area (Å²) in [7, 11) is 0. The number of aromatic nitrogens is 2. The summed E-state index contributed by atoms with van der Waals surface area (Å²) >= 11 is 5.65. The lowest BCUT2D eigenvalue weighted by atomic mass is 10.3. The fraction of sp³-hybridized carbons (Fsp3) is 0.100. The normalized spacial score (nSPS) is 11.8. The minimum absolute atomic E-state index is 0.321. The van der Waals surface area contributed by atoms with E-state index in [2.05, 4.69) is 5.10 Å². The van der Waals surface area contributed by atoms with Gasteiger partial charge in [0.1, 0.15) is 5.69 Å². The van der Waals surface area contributed by atoms with Gasteiger partial charge in [-0.25, -0.2) is 4.68 Å². The van der Waals surface area contributed by atoms with E-state index in [1.807, 2.05) is 0 Å². The minimum Gasteiger partial charge on any atom is -0.229 e. The van der Waals surface area contributed by atoms with E-state index in [-0.39, 0.29) is 0 Å². The largest absolute Gasteiger partial charge is 0.433 e. The fourth-order valence-electron chi connectivity index (χ4n) is 1.31. The zero-order valence-corrected chi connectivity index (χ0v) is 8.63. The van der Waals surface area contributed by atoms with Gasteiger partial charge < -0.3 is 0 Å². The molecule has 6 heteroatoms. The monoisotopic (exact) mass is 246 g/mol. The van der Waals surface area contributed by atoms with Gasteiger partial charge in [0.05, 0.1) is 11.9 Å². The van der Waals surface area contributed by atoms with Gasteiger partial charge in [0, 0.05) is 5.02 Å². The van der Waals surface area contributed by atoms with Crippen LogP contribution in [0.2, 0.25) is 5.02 Å². The molecule has 0 aliphatic rings. The first-order valence-electron chi connectivity index (χ1n) is 4.35. The van der Waals surface area contributed by atoms with Crippen molar-refractivity contribution in [2.45, 2.75) is 6.18 Å². The Labute approximate surface area is 94.3 Å². The molecule has 0 saturated carbocycles. The number of halogens is 4. The van der Waals surface area contributed by atoms with Crippen LogP contribution in [0.1, 0.15) is 5.69 Å². The third kappa shape index (κ3) is 2.04. The quantitative estimate of drug-likeness (QED) is 0.752. The Morgan fingerprint density at radius 2 is 1.69 bits per heavy atom. The Balaban J connectivity index is 2.49. The van der Waals surface area contributed by atoms with E-state index in [9.17, 15) is 13.2 Å². The van der Waals surface area contributed by atoms with E-state index in [1.54, 1.807) is 0 Å². The SMILES string of the molecule is FC(F)(F)c1ccnn1-c1ccc(Cl)cc1. The Bertz CT molecular complexity index is 488. The summed E-state index contributed by atoms with van der Waals surface area (Å²) in [4.78, 5) is 0. The third-order valence-electron chi connectivity index (χ3n) is 2.00. The third-order valence-corrected chi connectivity index (χ3v) is 2.26. The molecule has 2 rings (SSSR count). The molecule has 1 aromatic carbocycles. The molecule has 0 fully saturated rings. The van der Waals surface area contributed by atoms with Gasteiger partial charge >= 0.3 is 6.18 Å².